The normalized spacial score (nSPS) is 10.5. The summed E-state index contributed by atoms with van der Waals surface area (Å²) >= 11 is 0. The highest BCUT2D eigenvalue weighted by Gasteiger charge is 2.15. The highest BCUT2D eigenvalue weighted by atomic mass is 16.4. The molecule has 2 aromatic carbocycles. The van der Waals surface area contributed by atoms with Crippen LogP contribution in [-0.2, 0) is 0 Å². The van der Waals surface area contributed by atoms with E-state index >= 15 is 0 Å². The zero-order valence-electron chi connectivity index (χ0n) is 13.7. The van der Waals surface area contributed by atoms with Gasteiger partial charge in [-0.25, -0.2) is 0 Å². The lowest BCUT2D eigenvalue weighted by Crippen LogP contribution is -2.12. The number of rotatable bonds is 4. The average Bonchev–Trinajstić information content (AvgIpc) is 3.20. The smallest absolute Gasteiger partial charge is 0.255 e. The molecule has 2 aromatic heterocycles. The van der Waals surface area contributed by atoms with E-state index in [1.54, 1.807) is 30.6 Å². The topological polar surface area (TPSA) is 80.9 Å². The first kappa shape index (κ1) is 15.7. The van der Waals surface area contributed by atoms with Crippen molar-refractivity contribution in [3.63, 3.8) is 0 Å². The predicted molar refractivity (Wildman–Crippen MR) is 97.4 cm³/mol. The molecule has 0 atom stereocenters. The van der Waals surface area contributed by atoms with Gasteiger partial charge in [0.25, 0.3) is 5.91 Å². The molecule has 0 spiro atoms. The van der Waals surface area contributed by atoms with Gasteiger partial charge in [0.1, 0.15) is 0 Å². The third kappa shape index (κ3) is 3.21. The van der Waals surface area contributed by atoms with Gasteiger partial charge in [-0.15, -0.1) is 10.2 Å². The molecule has 1 N–H and O–H groups in total. The van der Waals surface area contributed by atoms with Crippen LogP contribution in [0.1, 0.15) is 10.4 Å². The summed E-state index contributed by atoms with van der Waals surface area (Å²) in [5, 5.41) is 11.1. The molecule has 0 unspecified atom stereocenters. The summed E-state index contributed by atoms with van der Waals surface area (Å²) < 4.78 is 5.80. The van der Waals surface area contributed by atoms with E-state index in [0.717, 1.165) is 5.56 Å². The van der Waals surface area contributed by atoms with Crippen molar-refractivity contribution in [1.82, 2.24) is 15.2 Å². The molecule has 126 valence electrons. The number of carbonyl (C=O) groups is 1. The highest BCUT2D eigenvalue weighted by molar-refractivity contribution is 6.05. The average molecular weight is 342 g/mol. The van der Waals surface area contributed by atoms with E-state index in [2.05, 4.69) is 20.5 Å². The Balaban J connectivity index is 1.64. The Labute approximate surface area is 149 Å². The third-order valence-electron chi connectivity index (χ3n) is 3.79. The number of benzene rings is 2. The molecule has 4 aromatic rings. The molecular formula is C20H14N4O2. The summed E-state index contributed by atoms with van der Waals surface area (Å²) in [7, 11) is 0. The zero-order chi connectivity index (χ0) is 17.8. The number of carbonyl (C=O) groups excluding carboxylic acids is 1. The molecule has 0 radical (unpaired) electrons. The molecule has 0 aliphatic rings. The molecule has 26 heavy (non-hydrogen) atoms. The van der Waals surface area contributed by atoms with Crippen molar-refractivity contribution in [2.75, 3.05) is 5.32 Å². The number of nitrogens with one attached hydrogen (secondary N) is 1. The minimum absolute atomic E-state index is 0.234. The van der Waals surface area contributed by atoms with Gasteiger partial charge in [0.15, 0.2) is 0 Å². The van der Waals surface area contributed by atoms with Crippen LogP contribution in [0.4, 0.5) is 5.69 Å². The van der Waals surface area contributed by atoms with Crippen LogP contribution >= 0.6 is 0 Å². The fraction of sp³-hybridized carbons (Fsp3) is 0. The second-order valence-electron chi connectivity index (χ2n) is 5.51. The van der Waals surface area contributed by atoms with E-state index in [4.69, 9.17) is 4.42 Å². The van der Waals surface area contributed by atoms with Crippen LogP contribution in [0, 0.1) is 0 Å². The minimum Gasteiger partial charge on any atom is -0.416 e. The number of hydrogen-bond acceptors (Lipinski definition) is 5. The molecule has 0 aliphatic heterocycles. The quantitative estimate of drug-likeness (QED) is 0.605. The molecule has 0 aliphatic carbocycles. The van der Waals surface area contributed by atoms with E-state index in [1.807, 2.05) is 48.5 Å². The Morgan fingerprint density at radius 1 is 0.808 bits per heavy atom. The molecule has 2 heterocycles. The van der Waals surface area contributed by atoms with Gasteiger partial charge < -0.3 is 9.73 Å². The molecule has 1 amide bonds. The lowest BCUT2D eigenvalue weighted by molar-refractivity contribution is 0.102. The molecule has 4 rings (SSSR count). The van der Waals surface area contributed by atoms with Crippen LogP contribution in [0.15, 0.2) is 83.5 Å². The van der Waals surface area contributed by atoms with Crippen molar-refractivity contribution in [2.24, 2.45) is 0 Å². The molecular weight excluding hydrogens is 328 g/mol. The Bertz CT molecular complexity index is 1030. The van der Waals surface area contributed by atoms with Crippen LogP contribution in [0.25, 0.3) is 22.9 Å². The van der Waals surface area contributed by atoms with Crippen molar-refractivity contribution in [2.45, 2.75) is 0 Å². The zero-order valence-corrected chi connectivity index (χ0v) is 13.7. The van der Waals surface area contributed by atoms with Gasteiger partial charge in [0.2, 0.25) is 11.8 Å². The largest absolute Gasteiger partial charge is 0.416 e. The first-order valence-corrected chi connectivity index (χ1v) is 8.01. The fourth-order valence-corrected chi connectivity index (χ4v) is 2.51. The van der Waals surface area contributed by atoms with E-state index in [-0.39, 0.29) is 5.91 Å². The SMILES string of the molecule is O=C(Nc1ccccc1-c1nnc(-c2ccccc2)o1)c1ccncc1. The van der Waals surface area contributed by atoms with Gasteiger partial charge in [-0.3, -0.25) is 9.78 Å². The predicted octanol–water partition coefficient (Wildman–Crippen LogP) is 4.05. The first-order valence-electron chi connectivity index (χ1n) is 8.01. The van der Waals surface area contributed by atoms with Crippen molar-refractivity contribution in [3.8, 4) is 22.9 Å². The number of amides is 1. The van der Waals surface area contributed by atoms with Crippen LogP contribution in [0.2, 0.25) is 0 Å². The van der Waals surface area contributed by atoms with Crippen molar-refractivity contribution < 1.29 is 9.21 Å². The van der Waals surface area contributed by atoms with Crippen molar-refractivity contribution >= 4 is 11.6 Å². The molecule has 6 nitrogen and oxygen atoms in total. The maximum Gasteiger partial charge on any atom is 0.255 e. The number of pyridine rings is 1. The Kier molecular flexibility index (Phi) is 4.22. The van der Waals surface area contributed by atoms with E-state index in [1.165, 1.54) is 0 Å². The molecule has 0 saturated carbocycles. The highest BCUT2D eigenvalue weighted by Crippen LogP contribution is 2.29. The van der Waals surface area contributed by atoms with E-state index < -0.39 is 0 Å². The lowest BCUT2D eigenvalue weighted by Gasteiger charge is -2.08. The number of anilines is 1. The number of para-hydroxylation sites is 1. The van der Waals surface area contributed by atoms with Crippen LogP contribution < -0.4 is 5.32 Å². The Morgan fingerprint density at radius 3 is 2.31 bits per heavy atom. The summed E-state index contributed by atoms with van der Waals surface area (Å²) in [6, 6.07) is 20.1. The number of aromatic nitrogens is 3. The second kappa shape index (κ2) is 6.98. The molecule has 0 fully saturated rings. The van der Waals surface area contributed by atoms with Gasteiger partial charge in [0, 0.05) is 23.5 Å². The number of hydrogen-bond donors (Lipinski definition) is 1. The lowest BCUT2D eigenvalue weighted by atomic mass is 10.1. The van der Waals surface area contributed by atoms with Gasteiger partial charge in [-0.2, -0.15) is 0 Å². The standard InChI is InChI=1S/C20H14N4O2/c25-18(14-10-12-21-13-11-14)22-17-9-5-4-8-16(17)20-24-23-19(26-20)15-6-2-1-3-7-15/h1-13H,(H,22,25). The van der Waals surface area contributed by atoms with Gasteiger partial charge in [0.05, 0.1) is 11.3 Å². The molecule has 0 saturated heterocycles. The summed E-state index contributed by atoms with van der Waals surface area (Å²) in [5.74, 6) is 0.535. The van der Waals surface area contributed by atoms with Gasteiger partial charge in [-0.1, -0.05) is 30.3 Å². The second-order valence-corrected chi connectivity index (χ2v) is 5.51. The van der Waals surface area contributed by atoms with Gasteiger partial charge in [-0.05, 0) is 36.4 Å². The fourth-order valence-electron chi connectivity index (χ4n) is 2.51. The van der Waals surface area contributed by atoms with Crippen molar-refractivity contribution in [3.05, 3.63) is 84.7 Å². The van der Waals surface area contributed by atoms with E-state index in [0.29, 0.717) is 28.6 Å². The Hall–Kier alpha value is -3.80. The summed E-state index contributed by atoms with van der Waals surface area (Å²) in [6.45, 7) is 0. The summed E-state index contributed by atoms with van der Waals surface area (Å²) in [6.07, 6.45) is 3.15. The maximum atomic E-state index is 12.4. The van der Waals surface area contributed by atoms with Crippen molar-refractivity contribution in [1.29, 1.82) is 0 Å². The Morgan fingerprint density at radius 2 is 1.50 bits per heavy atom. The van der Waals surface area contributed by atoms with E-state index in [9.17, 15) is 4.79 Å². The first-order chi connectivity index (χ1) is 12.8. The summed E-state index contributed by atoms with van der Waals surface area (Å²) in [5.41, 5.74) is 2.61. The number of nitrogens with zero attached hydrogens (tertiary/aromatic N) is 3. The maximum absolute atomic E-state index is 12.4. The van der Waals surface area contributed by atoms with Gasteiger partial charge >= 0.3 is 0 Å². The summed E-state index contributed by atoms with van der Waals surface area (Å²) in [4.78, 5) is 16.3. The van der Waals surface area contributed by atoms with Crippen LogP contribution in [-0.4, -0.2) is 21.1 Å². The molecule has 6 heteroatoms. The van der Waals surface area contributed by atoms with Crippen LogP contribution in [0.3, 0.4) is 0 Å². The minimum atomic E-state index is -0.234. The monoisotopic (exact) mass is 342 g/mol. The third-order valence-corrected chi connectivity index (χ3v) is 3.79. The molecule has 0 bridgehead atoms. The van der Waals surface area contributed by atoms with Crippen LogP contribution in [0.5, 0.6) is 0 Å².